The first kappa shape index (κ1) is 16.4. The van der Waals surface area contributed by atoms with Gasteiger partial charge in [-0.3, -0.25) is 9.47 Å². The molecule has 0 saturated carbocycles. The Kier molecular flexibility index (Phi) is 4.36. The van der Waals surface area contributed by atoms with Crippen LogP contribution in [-0.4, -0.2) is 22.6 Å². The van der Waals surface area contributed by atoms with Gasteiger partial charge in [0.2, 0.25) is 0 Å². The summed E-state index contributed by atoms with van der Waals surface area (Å²) in [6, 6.07) is 12.0. The SMILES string of the molecule is O=c1oc2ccc(Cl)cc2n1C1CCN(Cc2ccc(F)cc2)CC1. The van der Waals surface area contributed by atoms with Crippen LogP contribution in [0.2, 0.25) is 5.02 Å². The first-order chi connectivity index (χ1) is 12.1. The maximum absolute atomic E-state index is 13.0. The van der Waals surface area contributed by atoms with E-state index in [4.69, 9.17) is 16.0 Å². The molecule has 1 fully saturated rings. The molecule has 0 atom stereocenters. The van der Waals surface area contributed by atoms with Gasteiger partial charge in [0.25, 0.3) is 0 Å². The van der Waals surface area contributed by atoms with Crippen molar-refractivity contribution in [2.24, 2.45) is 0 Å². The average molecular weight is 361 g/mol. The molecule has 0 unspecified atom stereocenters. The van der Waals surface area contributed by atoms with E-state index in [-0.39, 0.29) is 17.6 Å². The van der Waals surface area contributed by atoms with E-state index in [0.717, 1.165) is 43.6 Å². The van der Waals surface area contributed by atoms with E-state index < -0.39 is 0 Å². The number of hydrogen-bond donors (Lipinski definition) is 0. The summed E-state index contributed by atoms with van der Waals surface area (Å²) in [6.07, 6.45) is 1.73. The molecule has 130 valence electrons. The second-order valence-corrected chi connectivity index (χ2v) is 6.92. The standard InChI is InChI=1S/C19H18ClFN2O2/c20-14-3-6-18-17(11-14)23(19(24)25-18)16-7-9-22(10-8-16)12-13-1-4-15(21)5-2-13/h1-6,11,16H,7-10,12H2. The van der Waals surface area contributed by atoms with E-state index in [9.17, 15) is 9.18 Å². The Morgan fingerprint density at radius 1 is 1.12 bits per heavy atom. The minimum atomic E-state index is -0.325. The average Bonchev–Trinajstić information content (AvgIpc) is 2.93. The van der Waals surface area contributed by atoms with Crippen molar-refractivity contribution in [1.29, 1.82) is 0 Å². The van der Waals surface area contributed by atoms with Gasteiger partial charge in [-0.05, 0) is 48.7 Å². The van der Waals surface area contributed by atoms with Crippen molar-refractivity contribution in [3.05, 3.63) is 69.4 Å². The molecule has 0 spiro atoms. The van der Waals surface area contributed by atoms with Crippen LogP contribution in [-0.2, 0) is 6.54 Å². The fourth-order valence-electron chi connectivity index (χ4n) is 3.54. The predicted octanol–water partition coefficient (Wildman–Crippen LogP) is 4.22. The zero-order chi connectivity index (χ0) is 17.4. The number of piperidine rings is 1. The van der Waals surface area contributed by atoms with Gasteiger partial charge in [-0.1, -0.05) is 23.7 Å². The van der Waals surface area contributed by atoms with Crippen LogP contribution in [0.1, 0.15) is 24.4 Å². The Morgan fingerprint density at radius 3 is 2.56 bits per heavy atom. The summed E-state index contributed by atoms with van der Waals surface area (Å²) in [5.74, 6) is -0.540. The van der Waals surface area contributed by atoms with E-state index >= 15 is 0 Å². The van der Waals surface area contributed by atoms with E-state index in [2.05, 4.69) is 4.90 Å². The van der Waals surface area contributed by atoms with Crippen molar-refractivity contribution in [2.45, 2.75) is 25.4 Å². The van der Waals surface area contributed by atoms with Crippen LogP contribution in [0.5, 0.6) is 0 Å². The maximum Gasteiger partial charge on any atom is 0.420 e. The fraction of sp³-hybridized carbons (Fsp3) is 0.316. The van der Waals surface area contributed by atoms with E-state index in [1.807, 2.05) is 12.1 Å². The topological polar surface area (TPSA) is 38.4 Å². The monoisotopic (exact) mass is 360 g/mol. The van der Waals surface area contributed by atoms with Crippen molar-refractivity contribution in [1.82, 2.24) is 9.47 Å². The summed E-state index contributed by atoms with van der Waals surface area (Å²) in [7, 11) is 0. The smallest absolute Gasteiger partial charge is 0.408 e. The molecule has 4 rings (SSSR count). The second-order valence-electron chi connectivity index (χ2n) is 6.48. The molecule has 4 nitrogen and oxygen atoms in total. The van der Waals surface area contributed by atoms with Gasteiger partial charge in [-0.15, -0.1) is 0 Å². The molecule has 2 heterocycles. The zero-order valence-electron chi connectivity index (χ0n) is 13.6. The molecule has 1 aromatic heterocycles. The minimum absolute atomic E-state index is 0.108. The van der Waals surface area contributed by atoms with Crippen LogP contribution >= 0.6 is 11.6 Å². The van der Waals surface area contributed by atoms with Crippen LogP contribution < -0.4 is 5.76 Å². The number of halogens is 2. The molecule has 1 aliphatic heterocycles. The lowest BCUT2D eigenvalue weighted by atomic mass is 10.0. The summed E-state index contributed by atoms with van der Waals surface area (Å²) in [5.41, 5.74) is 2.43. The van der Waals surface area contributed by atoms with E-state index in [0.29, 0.717) is 10.6 Å². The number of rotatable bonds is 3. The summed E-state index contributed by atoms with van der Waals surface area (Å²) in [6.45, 7) is 2.54. The molecule has 25 heavy (non-hydrogen) atoms. The Balaban J connectivity index is 1.49. The predicted molar refractivity (Wildman–Crippen MR) is 95.4 cm³/mol. The maximum atomic E-state index is 13.0. The van der Waals surface area contributed by atoms with Crippen LogP contribution in [0.4, 0.5) is 4.39 Å². The number of fused-ring (bicyclic) bond motifs is 1. The first-order valence-corrected chi connectivity index (χ1v) is 8.75. The van der Waals surface area contributed by atoms with Crippen LogP contribution in [0.3, 0.4) is 0 Å². The lowest BCUT2D eigenvalue weighted by Crippen LogP contribution is -2.36. The van der Waals surface area contributed by atoms with Crippen LogP contribution in [0.15, 0.2) is 51.7 Å². The molecule has 1 saturated heterocycles. The molecule has 0 N–H and O–H groups in total. The fourth-order valence-corrected chi connectivity index (χ4v) is 3.70. The highest BCUT2D eigenvalue weighted by Gasteiger charge is 2.24. The zero-order valence-corrected chi connectivity index (χ0v) is 14.4. The second kappa shape index (κ2) is 6.65. The molecule has 0 amide bonds. The third-order valence-electron chi connectivity index (χ3n) is 4.82. The summed E-state index contributed by atoms with van der Waals surface area (Å²) in [4.78, 5) is 14.6. The van der Waals surface area contributed by atoms with Gasteiger partial charge in [-0.2, -0.15) is 0 Å². The Bertz CT molecular complexity index is 940. The number of hydrogen-bond acceptors (Lipinski definition) is 3. The molecule has 0 aliphatic carbocycles. The summed E-state index contributed by atoms with van der Waals surface area (Å²) in [5, 5.41) is 0.593. The normalized spacial score (nSPS) is 16.6. The lowest BCUT2D eigenvalue weighted by Gasteiger charge is -2.32. The van der Waals surface area contributed by atoms with Gasteiger partial charge in [0, 0.05) is 30.7 Å². The van der Waals surface area contributed by atoms with Crippen molar-refractivity contribution >= 4 is 22.7 Å². The van der Waals surface area contributed by atoms with Gasteiger partial charge in [-0.25, -0.2) is 9.18 Å². The highest BCUT2D eigenvalue weighted by Crippen LogP contribution is 2.27. The number of oxazole rings is 1. The quantitative estimate of drug-likeness (QED) is 0.701. The van der Waals surface area contributed by atoms with Gasteiger partial charge in [0.05, 0.1) is 5.52 Å². The molecule has 3 aromatic rings. The Morgan fingerprint density at radius 2 is 1.84 bits per heavy atom. The van der Waals surface area contributed by atoms with Gasteiger partial charge >= 0.3 is 5.76 Å². The highest BCUT2D eigenvalue weighted by atomic mass is 35.5. The molecular formula is C19H18ClFN2O2. The number of nitrogens with zero attached hydrogens (tertiary/aromatic N) is 2. The third kappa shape index (κ3) is 3.34. The number of benzene rings is 2. The molecular weight excluding hydrogens is 343 g/mol. The van der Waals surface area contributed by atoms with E-state index in [1.54, 1.807) is 22.8 Å². The molecule has 6 heteroatoms. The highest BCUT2D eigenvalue weighted by molar-refractivity contribution is 6.31. The largest absolute Gasteiger partial charge is 0.420 e. The molecule has 0 bridgehead atoms. The first-order valence-electron chi connectivity index (χ1n) is 8.37. The summed E-state index contributed by atoms with van der Waals surface area (Å²) < 4.78 is 20.1. The van der Waals surface area contributed by atoms with Crippen molar-refractivity contribution in [3.63, 3.8) is 0 Å². The Labute approximate surface area is 149 Å². The van der Waals surface area contributed by atoms with Crippen molar-refractivity contribution < 1.29 is 8.81 Å². The lowest BCUT2D eigenvalue weighted by molar-refractivity contribution is 0.177. The molecule has 0 radical (unpaired) electrons. The Hall–Kier alpha value is -2.11. The van der Waals surface area contributed by atoms with Crippen molar-refractivity contribution in [3.8, 4) is 0 Å². The van der Waals surface area contributed by atoms with Gasteiger partial charge in [0.1, 0.15) is 5.82 Å². The minimum Gasteiger partial charge on any atom is -0.408 e. The number of likely N-dealkylation sites (tertiary alicyclic amines) is 1. The van der Waals surface area contributed by atoms with E-state index in [1.165, 1.54) is 12.1 Å². The van der Waals surface area contributed by atoms with Gasteiger partial charge in [0.15, 0.2) is 5.58 Å². The molecule has 2 aromatic carbocycles. The van der Waals surface area contributed by atoms with Gasteiger partial charge < -0.3 is 4.42 Å². The van der Waals surface area contributed by atoms with Crippen LogP contribution in [0.25, 0.3) is 11.1 Å². The molecule has 1 aliphatic rings. The number of aromatic nitrogens is 1. The summed E-state index contributed by atoms with van der Waals surface area (Å²) >= 11 is 6.07. The van der Waals surface area contributed by atoms with Crippen molar-refractivity contribution in [2.75, 3.05) is 13.1 Å². The van der Waals surface area contributed by atoms with Crippen LogP contribution in [0, 0.1) is 5.82 Å². The third-order valence-corrected chi connectivity index (χ3v) is 5.05.